The van der Waals surface area contributed by atoms with Crippen LogP contribution in [0.2, 0.25) is 0 Å². The van der Waals surface area contributed by atoms with Crippen LogP contribution in [0.4, 0.5) is 4.39 Å². The number of aryl methyl sites for hydroxylation is 2. The van der Waals surface area contributed by atoms with Gasteiger partial charge in [-0.25, -0.2) is 4.39 Å². The van der Waals surface area contributed by atoms with Crippen molar-refractivity contribution in [3.8, 4) is 0 Å². The summed E-state index contributed by atoms with van der Waals surface area (Å²) in [4.78, 5) is 17.0. The van der Waals surface area contributed by atoms with Gasteiger partial charge >= 0.3 is 0 Å². The summed E-state index contributed by atoms with van der Waals surface area (Å²) in [7, 11) is 1.97. The highest BCUT2D eigenvalue weighted by molar-refractivity contribution is 6.17. The predicted molar refractivity (Wildman–Crippen MR) is 106 cm³/mol. The third-order valence-electron chi connectivity index (χ3n) is 5.18. The molecule has 138 valence electrons. The standard InChI is InChI=1S/C21H21FN4O/c1-11(10-23)25-21(27)19-16-9-17-15-8-13(22)4-5-18(15)26(3)20(17)12(2)14(16)6-7-24-19/h4-9,11H,10,23H2,1-3H3,(H,25,27)/t11-/m1/s1. The van der Waals surface area contributed by atoms with Gasteiger partial charge in [0.1, 0.15) is 11.5 Å². The average molecular weight is 364 g/mol. The molecular formula is C21H21FN4O. The fourth-order valence-electron chi connectivity index (χ4n) is 3.80. The summed E-state index contributed by atoms with van der Waals surface area (Å²) >= 11 is 0. The van der Waals surface area contributed by atoms with Gasteiger partial charge in [0.05, 0.1) is 5.52 Å². The van der Waals surface area contributed by atoms with Gasteiger partial charge < -0.3 is 15.6 Å². The molecule has 0 saturated heterocycles. The molecule has 0 aliphatic rings. The highest BCUT2D eigenvalue weighted by Crippen LogP contribution is 2.35. The van der Waals surface area contributed by atoms with Crippen molar-refractivity contribution in [2.24, 2.45) is 12.8 Å². The molecule has 0 aliphatic carbocycles. The summed E-state index contributed by atoms with van der Waals surface area (Å²) < 4.78 is 15.9. The van der Waals surface area contributed by atoms with Gasteiger partial charge in [-0.3, -0.25) is 9.78 Å². The molecule has 0 saturated carbocycles. The number of rotatable bonds is 3. The van der Waals surface area contributed by atoms with E-state index in [4.69, 9.17) is 5.73 Å². The van der Waals surface area contributed by atoms with Crippen molar-refractivity contribution in [2.75, 3.05) is 6.54 Å². The van der Waals surface area contributed by atoms with Crippen LogP contribution in [-0.4, -0.2) is 28.0 Å². The molecule has 1 amide bonds. The smallest absolute Gasteiger partial charge is 0.270 e. The molecular weight excluding hydrogens is 343 g/mol. The summed E-state index contributed by atoms with van der Waals surface area (Å²) in [6, 6.07) is 8.48. The average Bonchev–Trinajstić information content (AvgIpc) is 2.93. The molecule has 1 atom stereocenters. The van der Waals surface area contributed by atoms with Crippen molar-refractivity contribution in [3.63, 3.8) is 0 Å². The van der Waals surface area contributed by atoms with Crippen LogP contribution in [0, 0.1) is 12.7 Å². The van der Waals surface area contributed by atoms with E-state index in [2.05, 4.69) is 14.9 Å². The van der Waals surface area contributed by atoms with Gasteiger partial charge in [-0.15, -0.1) is 0 Å². The number of pyridine rings is 1. The van der Waals surface area contributed by atoms with E-state index in [-0.39, 0.29) is 17.8 Å². The number of hydrogen-bond donors (Lipinski definition) is 2. The first-order chi connectivity index (χ1) is 12.9. The second kappa shape index (κ2) is 6.32. The van der Waals surface area contributed by atoms with Gasteiger partial charge in [0.15, 0.2) is 0 Å². The number of nitrogens with two attached hydrogens (primary N) is 1. The van der Waals surface area contributed by atoms with Crippen LogP contribution < -0.4 is 11.1 Å². The van der Waals surface area contributed by atoms with Crippen molar-refractivity contribution in [3.05, 3.63) is 53.6 Å². The second-order valence-electron chi connectivity index (χ2n) is 6.98. The quantitative estimate of drug-likeness (QED) is 0.585. The fourth-order valence-corrected chi connectivity index (χ4v) is 3.80. The van der Waals surface area contributed by atoms with E-state index in [1.807, 2.05) is 33.0 Å². The number of hydrogen-bond acceptors (Lipinski definition) is 3. The zero-order chi connectivity index (χ0) is 19.3. The Bertz CT molecular complexity index is 1210. The lowest BCUT2D eigenvalue weighted by Crippen LogP contribution is -2.38. The maximum atomic E-state index is 13.9. The molecule has 5 nitrogen and oxygen atoms in total. The topological polar surface area (TPSA) is 72.9 Å². The Morgan fingerprint density at radius 1 is 1.22 bits per heavy atom. The molecule has 3 N–H and O–H groups in total. The first-order valence-corrected chi connectivity index (χ1v) is 8.89. The summed E-state index contributed by atoms with van der Waals surface area (Å²) in [5, 5.41) is 6.30. The van der Waals surface area contributed by atoms with Crippen molar-refractivity contribution in [2.45, 2.75) is 19.9 Å². The lowest BCUT2D eigenvalue weighted by molar-refractivity contribution is 0.0938. The van der Waals surface area contributed by atoms with Gasteiger partial charge in [-0.05, 0) is 55.1 Å². The number of halogens is 1. The normalized spacial score (nSPS) is 12.8. The number of nitrogens with zero attached hydrogens (tertiary/aromatic N) is 2. The summed E-state index contributed by atoms with van der Waals surface area (Å²) in [5.41, 5.74) is 8.97. The zero-order valence-electron chi connectivity index (χ0n) is 15.5. The van der Waals surface area contributed by atoms with Crippen LogP contribution in [0.15, 0.2) is 36.5 Å². The van der Waals surface area contributed by atoms with E-state index in [0.717, 1.165) is 38.1 Å². The lowest BCUT2D eigenvalue weighted by Gasteiger charge is -2.13. The Kier molecular flexibility index (Phi) is 4.08. The number of carbonyl (C=O) groups is 1. The minimum atomic E-state index is -0.284. The van der Waals surface area contributed by atoms with Crippen LogP contribution in [0.1, 0.15) is 23.0 Å². The molecule has 0 spiro atoms. The van der Waals surface area contributed by atoms with E-state index in [1.165, 1.54) is 12.1 Å². The molecule has 27 heavy (non-hydrogen) atoms. The Hall–Kier alpha value is -2.99. The molecule has 6 heteroatoms. The number of nitrogens with one attached hydrogen (secondary N) is 1. The van der Waals surface area contributed by atoms with Gasteiger partial charge in [-0.1, -0.05) is 0 Å². The fraction of sp³-hybridized carbons (Fsp3) is 0.238. The van der Waals surface area contributed by atoms with E-state index in [0.29, 0.717) is 12.2 Å². The third kappa shape index (κ3) is 2.64. The zero-order valence-corrected chi connectivity index (χ0v) is 15.5. The van der Waals surface area contributed by atoms with Crippen molar-refractivity contribution in [1.29, 1.82) is 0 Å². The first-order valence-electron chi connectivity index (χ1n) is 8.89. The monoisotopic (exact) mass is 364 g/mol. The molecule has 4 aromatic rings. The van der Waals surface area contributed by atoms with E-state index in [9.17, 15) is 9.18 Å². The van der Waals surface area contributed by atoms with E-state index < -0.39 is 0 Å². The molecule has 0 radical (unpaired) electrons. The van der Waals surface area contributed by atoms with Crippen LogP contribution in [-0.2, 0) is 7.05 Å². The molecule has 0 bridgehead atoms. The third-order valence-corrected chi connectivity index (χ3v) is 5.18. The molecule has 0 unspecified atom stereocenters. The number of benzene rings is 2. The number of amides is 1. The van der Waals surface area contributed by atoms with Gasteiger partial charge in [-0.2, -0.15) is 0 Å². The predicted octanol–water partition coefficient (Wildman–Crippen LogP) is 3.40. The Balaban J connectivity index is 2.07. The molecule has 2 aromatic heterocycles. The van der Waals surface area contributed by atoms with Crippen LogP contribution in [0.5, 0.6) is 0 Å². The van der Waals surface area contributed by atoms with Gasteiger partial charge in [0.2, 0.25) is 0 Å². The van der Waals surface area contributed by atoms with Crippen LogP contribution in [0.25, 0.3) is 32.6 Å². The Morgan fingerprint density at radius 2 is 2.00 bits per heavy atom. The summed E-state index contributed by atoms with van der Waals surface area (Å²) in [6.45, 7) is 4.21. The minimum absolute atomic E-state index is 0.147. The SMILES string of the molecule is Cc1c2ccnc(C(=O)N[C@H](C)CN)c2cc2c3cc(F)ccc3n(C)c12. The van der Waals surface area contributed by atoms with Crippen molar-refractivity contribution >= 4 is 38.5 Å². The minimum Gasteiger partial charge on any atom is -0.347 e. The van der Waals surface area contributed by atoms with E-state index >= 15 is 0 Å². The molecule has 2 aromatic carbocycles. The maximum Gasteiger partial charge on any atom is 0.270 e. The van der Waals surface area contributed by atoms with Crippen LogP contribution >= 0.6 is 0 Å². The van der Waals surface area contributed by atoms with Crippen molar-refractivity contribution < 1.29 is 9.18 Å². The van der Waals surface area contributed by atoms with Crippen molar-refractivity contribution in [1.82, 2.24) is 14.9 Å². The van der Waals surface area contributed by atoms with Gasteiger partial charge in [0.25, 0.3) is 5.91 Å². The number of carbonyl (C=O) groups excluding carboxylic acids is 1. The second-order valence-corrected chi connectivity index (χ2v) is 6.98. The Labute approximate surface area is 156 Å². The molecule has 0 fully saturated rings. The summed E-state index contributed by atoms with van der Waals surface area (Å²) in [6.07, 6.45) is 1.64. The lowest BCUT2D eigenvalue weighted by atomic mass is 10.00. The van der Waals surface area contributed by atoms with Gasteiger partial charge in [0, 0.05) is 47.5 Å². The number of fused-ring (bicyclic) bond motifs is 4. The Morgan fingerprint density at radius 3 is 2.74 bits per heavy atom. The summed E-state index contributed by atoms with van der Waals surface area (Å²) in [5.74, 6) is -0.544. The first kappa shape index (κ1) is 17.4. The number of aromatic nitrogens is 2. The highest BCUT2D eigenvalue weighted by atomic mass is 19.1. The largest absolute Gasteiger partial charge is 0.347 e. The van der Waals surface area contributed by atoms with Crippen LogP contribution in [0.3, 0.4) is 0 Å². The molecule has 4 rings (SSSR count). The van der Waals surface area contributed by atoms with E-state index in [1.54, 1.807) is 12.3 Å². The molecule has 0 aliphatic heterocycles. The maximum absolute atomic E-state index is 13.9. The molecule has 2 heterocycles. The highest BCUT2D eigenvalue weighted by Gasteiger charge is 2.19.